The summed E-state index contributed by atoms with van der Waals surface area (Å²) < 4.78 is 5.35. The molecule has 0 radical (unpaired) electrons. The maximum absolute atomic E-state index is 12.6. The van der Waals surface area contributed by atoms with Crippen LogP contribution in [0.3, 0.4) is 0 Å². The summed E-state index contributed by atoms with van der Waals surface area (Å²) in [5, 5.41) is 12.9. The number of amides is 1. The Labute approximate surface area is 173 Å². The molecule has 1 aliphatic rings. The number of rotatable bonds is 8. The number of carbonyl (C=O) groups excluding carboxylic acids is 1. The number of nitrogens with one attached hydrogen (secondary N) is 1. The van der Waals surface area contributed by atoms with Crippen LogP contribution in [0.15, 0.2) is 42.5 Å². The second-order valence-corrected chi connectivity index (χ2v) is 7.68. The van der Waals surface area contributed by atoms with Crippen LogP contribution in [0.4, 0.5) is 0 Å². The molecule has 3 rings (SSSR count). The molecule has 0 bridgehead atoms. The number of nitrogens with zero attached hydrogens (tertiary/aromatic N) is 2. The van der Waals surface area contributed by atoms with Crippen LogP contribution >= 0.6 is 0 Å². The Balaban J connectivity index is 1.67. The molecule has 1 saturated heterocycles. The van der Waals surface area contributed by atoms with Gasteiger partial charge in [0.25, 0.3) is 5.91 Å². The predicted octanol–water partition coefficient (Wildman–Crippen LogP) is 1.97. The first-order chi connectivity index (χ1) is 14.1. The largest absolute Gasteiger partial charge is 0.392 e. The minimum atomic E-state index is -0.0742. The molecule has 1 fully saturated rings. The highest BCUT2D eigenvalue weighted by atomic mass is 16.5. The van der Waals surface area contributed by atoms with E-state index in [0.29, 0.717) is 12.1 Å². The van der Waals surface area contributed by atoms with Crippen LogP contribution in [0.2, 0.25) is 0 Å². The summed E-state index contributed by atoms with van der Waals surface area (Å²) in [6.07, 6.45) is 0. The van der Waals surface area contributed by atoms with Gasteiger partial charge in [-0.05, 0) is 48.5 Å². The lowest BCUT2D eigenvalue weighted by atomic mass is 9.96. The molecule has 2 aromatic rings. The molecule has 6 heteroatoms. The van der Waals surface area contributed by atoms with Crippen LogP contribution in [-0.2, 0) is 17.9 Å². The standard InChI is InChI=1S/C23H31N3O3/c1-25(2)16-18-6-7-22(21(14-18)17-27)19-4-3-5-20(15-19)23(28)24-8-9-26-10-12-29-13-11-26/h3-7,14-15,27H,8-13,16-17H2,1-2H3,(H,24,28). The van der Waals surface area contributed by atoms with E-state index in [1.54, 1.807) is 0 Å². The first kappa shape index (κ1) is 21.5. The fourth-order valence-corrected chi connectivity index (χ4v) is 3.61. The van der Waals surface area contributed by atoms with E-state index in [9.17, 15) is 9.90 Å². The van der Waals surface area contributed by atoms with Crippen molar-refractivity contribution < 1.29 is 14.6 Å². The van der Waals surface area contributed by atoms with Gasteiger partial charge in [0, 0.05) is 38.3 Å². The topological polar surface area (TPSA) is 65.0 Å². The highest BCUT2D eigenvalue weighted by molar-refractivity contribution is 5.95. The third kappa shape index (κ3) is 6.11. The van der Waals surface area contributed by atoms with E-state index >= 15 is 0 Å². The lowest BCUT2D eigenvalue weighted by Crippen LogP contribution is -2.41. The lowest BCUT2D eigenvalue weighted by Gasteiger charge is -2.26. The molecule has 0 atom stereocenters. The summed E-state index contributed by atoms with van der Waals surface area (Å²) in [6.45, 7) is 5.58. The van der Waals surface area contributed by atoms with E-state index in [2.05, 4.69) is 21.2 Å². The van der Waals surface area contributed by atoms with Crippen molar-refractivity contribution in [2.24, 2.45) is 0 Å². The smallest absolute Gasteiger partial charge is 0.251 e. The molecule has 0 aromatic heterocycles. The van der Waals surface area contributed by atoms with Crippen molar-refractivity contribution >= 4 is 5.91 Å². The molecule has 0 spiro atoms. The Kier molecular flexibility index (Phi) is 7.77. The number of aliphatic hydroxyl groups excluding tert-OH is 1. The molecule has 6 nitrogen and oxygen atoms in total. The number of benzene rings is 2. The van der Waals surface area contributed by atoms with Gasteiger partial charge in [-0.15, -0.1) is 0 Å². The molecule has 2 N–H and O–H groups in total. The molecule has 0 saturated carbocycles. The quantitative estimate of drug-likeness (QED) is 0.713. The third-order valence-corrected chi connectivity index (χ3v) is 5.09. The van der Waals surface area contributed by atoms with Gasteiger partial charge >= 0.3 is 0 Å². The summed E-state index contributed by atoms with van der Waals surface area (Å²) in [6, 6.07) is 13.7. The van der Waals surface area contributed by atoms with Crippen LogP contribution in [0, 0.1) is 0 Å². The Hall–Kier alpha value is -2.25. The Morgan fingerprint density at radius 3 is 2.69 bits per heavy atom. The van der Waals surface area contributed by atoms with Crippen molar-refractivity contribution in [3.63, 3.8) is 0 Å². The molecular formula is C23H31N3O3. The zero-order chi connectivity index (χ0) is 20.6. The molecule has 29 heavy (non-hydrogen) atoms. The van der Waals surface area contributed by atoms with Crippen molar-refractivity contribution in [3.8, 4) is 11.1 Å². The maximum Gasteiger partial charge on any atom is 0.251 e. The average Bonchev–Trinajstić information content (AvgIpc) is 2.74. The summed E-state index contributed by atoms with van der Waals surface area (Å²) >= 11 is 0. The molecule has 1 heterocycles. The predicted molar refractivity (Wildman–Crippen MR) is 115 cm³/mol. The van der Waals surface area contributed by atoms with E-state index in [-0.39, 0.29) is 12.5 Å². The summed E-state index contributed by atoms with van der Waals surface area (Å²) in [5.41, 5.74) is 4.55. The second-order valence-electron chi connectivity index (χ2n) is 7.68. The van der Waals surface area contributed by atoms with Crippen molar-refractivity contribution in [2.75, 3.05) is 53.5 Å². The zero-order valence-electron chi connectivity index (χ0n) is 17.4. The Bertz CT molecular complexity index is 817. The summed E-state index contributed by atoms with van der Waals surface area (Å²) in [4.78, 5) is 17.0. The maximum atomic E-state index is 12.6. The van der Waals surface area contributed by atoms with Gasteiger partial charge in [-0.2, -0.15) is 0 Å². The van der Waals surface area contributed by atoms with Crippen LogP contribution in [0.5, 0.6) is 0 Å². The van der Waals surface area contributed by atoms with Gasteiger partial charge in [0.1, 0.15) is 0 Å². The Morgan fingerprint density at radius 1 is 1.17 bits per heavy atom. The van der Waals surface area contributed by atoms with Crippen molar-refractivity contribution in [1.82, 2.24) is 15.1 Å². The molecular weight excluding hydrogens is 366 g/mol. The van der Waals surface area contributed by atoms with Gasteiger partial charge in [-0.1, -0.05) is 30.3 Å². The monoisotopic (exact) mass is 397 g/mol. The normalized spacial score (nSPS) is 14.9. The number of aliphatic hydroxyl groups is 1. The second kappa shape index (κ2) is 10.5. The van der Waals surface area contributed by atoms with E-state index in [4.69, 9.17) is 4.74 Å². The minimum absolute atomic E-state index is 0.0351. The van der Waals surface area contributed by atoms with Gasteiger partial charge in [0.2, 0.25) is 0 Å². The molecule has 1 aliphatic heterocycles. The van der Waals surface area contributed by atoms with Gasteiger partial charge < -0.3 is 20.1 Å². The summed E-state index contributed by atoms with van der Waals surface area (Å²) in [5.74, 6) is -0.0742. The van der Waals surface area contributed by atoms with Gasteiger partial charge in [0.15, 0.2) is 0 Å². The van der Waals surface area contributed by atoms with Crippen LogP contribution in [0.25, 0.3) is 11.1 Å². The average molecular weight is 398 g/mol. The number of hydrogen-bond acceptors (Lipinski definition) is 5. The number of hydrogen-bond donors (Lipinski definition) is 2. The molecule has 0 aliphatic carbocycles. The molecule has 2 aromatic carbocycles. The fraction of sp³-hybridized carbons (Fsp3) is 0.435. The van der Waals surface area contributed by atoms with Gasteiger partial charge in [0.05, 0.1) is 19.8 Å². The van der Waals surface area contributed by atoms with Crippen molar-refractivity contribution in [1.29, 1.82) is 0 Å². The van der Waals surface area contributed by atoms with Crippen LogP contribution in [0.1, 0.15) is 21.5 Å². The third-order valence-electron chi connectivity index (χ3n) is 5.09. The molecule has 1 amide bonds. The fourth-order valence-electron chi connectivity index (χ4n) is 3.61. The number of morpholine rings is 1. The van der Waals surface area contributed by atoms with Crippen LogP contribution < -0.4 is 5.32 Å². The number of carbonyl (C=O) groups is 1. The zero-order valence-corrected chi connectivity index (χ0v) is 17.4. The number of ether oxygens (including phenoxy) is 1. The SMILES string of the molecule is CN(C)Cc1ccc(-c2cccc(C(=O)NCCN3CCOCC3)c2)c(CO)c1. The van der Waals surface area contributed by atoms with Gasteiger partial charge in [-0.25, -0.2) is 0 Å². The van der Waals surface area contributed by atoms with E-state index < -0.39 is 0 Å². The minimum Gasteiger partial charge on any atom is -0.392 e. The van der Waals surface area contributed by atoms with E-state index in [1.807, 2.05) is 50.5 Å². The Morgan fingerprint density at radius 2 is 1.97 bits per heavy atom. The summed E-state index contributed by atoms with van der Waals surface area (Å²) in [7, 11) is 4.04. The van der Waals surface area contributed by atoms with Gasteiger partial charge in [-0.3, -0.25) is 9.69 Å². The lowest BCUT2D eigenvalue weighted by molar-refractivity contribution is 0.0383. The first-order valence-corrected chi connectivity index (χ1v) is 10.1. The first-order valence-electron chi connectivity index (χ1n) is 10.1. The van der Waals surface area contributed by atoms with Crippen molar-refractivity contribution in [2.45, 2.75) is 13.2 Å². The molecule has 0 unspecified atom stereocenters. The highest BCUT2D eigenvalue weighted by Gasteiger charge is 2.12. The van der Waals surface area contributed by atoms with E-state index in [0.717, 1.165) is 61.6 Å². The van der Waals surface area contributed by atoms with Crippen molar-refractivity contribution in [3.05, 3.63) is 59.2 Å². The molecule has 156 valence electrons. The van der Waals surface area contributed by atoms with Crippen LogP contribution in [-0.4, -0.2) is 74.3 Å². The van der Waals surface area contributed by atoms with E-state index in [1.165, 1.54) is 0 Å². The highest BCUT2D eigenvalue weighted by Crippen LogP contribution is 2.26.